The van der Waals surface area contributed by atoms with Gasteiger partial charge in [0.25, 0.3) is 0 Å². The second-order valence-corrected chi connectivity index (χ2v) is 4.64. The van der Waals surface area contributed by atoms with E-state index >= 15 is 0 Å². The average molecular weight is 244 g/mol. The van der Waals surface area contributed by atoms with Crippen LogP contribution in [0.2, 0.25) is 0 Å². The van der Waals surface area contributed by atoms with Gasteiger partial charge >= 0.3 is 0 Å². The minimum atomic E-state index is 0.405. The van der Waals surface area contributed by atoms with Gasteiger partial charge in [-0.2, -0.15) is 0 Å². The molecule has 0 radical (unpaired) electrons. The van der Waals surface area contributed by atoms with Gasteiger partial charge in [-0.05, 0) is 12.8 Å². The van der Waals surface area contributed by atoms with E-state index in [1.165, 1.54) is 32.1 Å². The van der Waals surface area contributed by atoms with E-state index in [4.69, 9.17) is 5.73 Å². The van der Waals surface area contributed by atoms with Crippen LogP contribution in [0, 0.1) is 0 Å². The third-order valence-corrected chi connectivity index (χ3v) is 3.48. The minimum absolute atomic E-state index is 0.405. The molecule has 18 heavy (non-hydrogen) atoms. The first kappa shape index (κ1) is 11.1. The number of rotatable bonds is 2. The number of anilines is 1. The van der Waals surface area contributed by atoms with Gasteiger partial charge in [-0.3, -0.25) is 0 Å². The van der Waals surface area contributed by atoms with Crippen molar-refractivity contribution in [3.8, 4) is 11.5 Å². The summed E-state index contributed by atoms with van der Waals surface area (Å²) in [4.78, 5) is 8.32. The Bertz CT molecular complexity index is 529. The van der Waals surface area contributed by atoms with Gasteiger partial charge in [0.2, 0.25) is 0 Å². The molecule has 1 fully saturated rings. The van der Waals surface area contributed by atoms with E-state index in [1.807, 2.05) is 0 Å². The Kier molecular flexibility index (Phi) is 2.92. The fourth-order valence-electron chi connectivity index (χ4n) is 2.56. The molecule has 0 amide bonds. The highest BCUT2D eigenvalue weighted by Gasteiger charge is 2.21. The van der Waals surface area contributed by atoms with E-state index in [1.54, 1.807) is 18.7 Å². The van der Waals surface area contributed by atoms with Gasteiger partial charge in [0.1, 0.15) is 12.0 Å². The molecule has 1 aliphatic rings. The molecule has 0 saturated heterocycles. The number of aromatic nitrogens is 5. The van der Waals surface area contributed by atoms with Gasteiger partial charge in [-0.15, -0.1) is 10.2 Å². The number of nitrogen functional groups attached to an aromatic ring is 1. The summed E-state index contributed by atoms with van der Waals surface area (Å²) in [6.45, 7) is 0. The molecule has 0 aliphatic heterocycles. The lowest BCUT2D eigenvalue weighted by Gasteiger charge is -2.23. The summed E-state index contributed by atoms with van der Waals surface area (Å²) < 4.78 is 2.10. The summed E-state index contributed by atoms with van der Waals surface area (Å²) in [6, 6.07) is 0.463. The summed E-state index contributed by atoms with van der Waals surface area (Å²) in [7, 11) is 0. The van der Waals surface area contributed by atoms with Crippen LogP contribution in [0.1, 0.15) is 38.1 Å². The van der Waals surface area contributed by atoms with Crippen molar-refractivity contribution >= 4 is 5.82 Å². The van der Waals surface area contributed by atoms with Crippen LogP contribution in [0.25, 0.3) is 11.5 Å². The molecule has 1 saturated carbocycles. The molecule has 2 N–H and O–H groups in total. The van der Waals surface area contributed by atoms with Crippen LogP contribution >= 0.6 is 0 Å². The van der Waals surface area contributed by atoms with Crippen molar-refractivity contribution in [2.75, 3.05) is 5.73 Å². The van der Waals surface area contributed by atoms with Crippen molar-refractivity contribution in [2.45, 2.75) is 38.1 Å². The Labute approximate surface area is 105 Å². The van der Waals surface area contributed by atoms with E-state index in [-0.39, 0.29) is 0 Å². The first-order chi connectivity index (χ1) is 8.86. The van der Waals surface area contributed by atoms with Crippen molar-refractivity contribution in [3.05, 3.63) is 18.7 Å². The molecule has 3 rings (SSSR count). The SMILES string of the molecule is Nc1nccnc1-c1nncn1C1CCCCC1. The summed E-state index contributed by atoms with van der Waals surface area (Å²) >= 11 is 0. The monoisotopic (exact) mass is 244 g/mol. The highest BCUT2D eigenvalue weighted by molar-refractivity contribution is 5.62. The summed E-state index contributed by atoms with van der Waals surface area (Å²) in [5, 5.41) is 8.16. The zero-order valence-electron chi connectivity index (χ0n) is 10.2. The Hall–Kier alpha value is -1.98. The number of nitrogens with two attached hydrogens (primary N) is 1. The molecule has 2 aromatic rings. The van der Waals surface area contributed by atoms with Crippen molar-refractivity contribution in [3.63, 3.8) is 0 Å². The highest BCUT2D eigenvalue weighted by Crippen LogP contribution is 2.31. The van der Waals surface area contributed by atoms with Crippen LogP contribution in [0.5, 0.6) is 0 Å². The molecule has 0 bridgehead atoms. The third kappa shape index (κ3) is 1.94. The van der Waals surface area contributed by atoms with E-state index in [0.29, 0.717) is 17.6 Å². The molecule has 94 valence electrons. The molecule has 0 unspecified atom stereocenters. The number of hydrogen-bond donors (Lipinski definition) is 1. The first-order valence-electron chi connectivity index (χ1n) is 6.32. The highest BCUT2D eigenvalue weighted by atomic mass is 15.3. The van der Waals surface area contributed by atoms with E-state index in [0.717, 1.165) is 5.82 Å². The summed E-state index contributed by atoms with van der Waals surface area (Å²) in [6.07, 6.45) is 11.2. The molecule has 2 aromatic heterocycles. The van der Waals surface area contributed by atoms with E-state index in [9.17, 15) is 0 Å². The number of hydrogen-bond acceptors (Lipinski definition) is 5. The maximum absolute atomic E-state index is 5.86. The topological polar surface area (TPSA) is 82.5 Å². The minimum Gasteiger partial charge on any atom is -0.382 e. The zero-order chi connectivity index (χ0) is 12.4. The van der Waals surface area contributed by atoms with Crippen LogP contribution in [-0.4, -0.2) is 24.7 Å². The van der Waals surface area contributed by atoms with Gasteiger partial charge < -0.3 is 10.3 Å². The lowest BCUT2D eigenvalue weighted by atomic mass is 9.95. The normalized spacial score (nSPS) is 16.9. The van der Waals surface area contributed by atoms with Crippen molar-refractivity contribution in [1.29, 1.82) is 0 Å². The molecule has 2 heterocycles. The van der Waals surface area contributed by atoms with E-state index in [2.05, 4.69) is 24.7 Å². The Morgan fingerprint density at radius 3 is 2.67 bits per heavy atom. The molecule has 1 aliphatic carbocycles. The van der Waals surface area contributed by atoms with Gasteiger partial charge in [-0.1, -0.05) is 19.3 Å². The Morgan fingerprint density at radius 1 is 1.11 bits per heavy atom. The van der Waals surface area contributed by atoms with Crippen LogP contribution in [0.3, 0.4) is 0 Å². The fraction of sp³-hybridized carbons (Fsp3) is 0.500. The first-order valence-corrected chi connectivity index (χ1v) is 6.32. The van der Waals surface area contributed by atoms with Gasteiger partial charge in [0.05, 0.1) is 0 Å². The van der Waals surface area contributed by atoms with Gasteiger partial charge in [0, 0.05) is 18.4 Å². The standard InChI is InChI=1S/C12H16N6/c13-11-10(14-6-7-15-11)12-17-16-8-18(12)9-4-2-1-3-5-9/h6-9H,1-5H2,(H2,13,15). The van der Waals surface area contributed by atoms with Crippen LogP contribution in [0.4, 0.5) is 5.82 Å². The Morgan fingerprint density at radius 2 is 1.89 bits per heavy atom. The third-order valence-electron chi connectivity index (χ3n) is 3.48. The van der Waals surface area contributed by atoms with Crippen molar-refractivity contribution in [1.82, 2.24) is 24.7 Å². The van der Waals surface area contributed by atoms with Crippen LogP contribution in [0.15, 0.2) is 18.7 Å². The maximum atomic E-state index is 5.86. The molecule has 6 nitrogen and oxygen atoms in total. The molecular weight excluding hydrogens is 228 g/mol. The lowest BCUT2D eigenvalue weighted by Crippen LogP contribution is -2.14. The lowest BCUT2D eigenvalue weighted by molar-refractivity contribution is 0.355. The number of nitrogens with zero attached hydrogens (tertiary/aromatic N) is 5. The molecule has 0 atom stereocenters. The Balaban J connectivity index is 1.98. The molecule has 0 aromatic carbocycles. The second kappa shape index (κ2) is 4.72. The van der Waals surface area contributed by atoms with Crippen molar-refractivity contribution < 1.29 is 0 Å². The molecule has 6 heteroatoms. The van der Waals surface area contributed by atoms with Crippen molar-refractivity contribution in [2.24, 2.45) is 0 Å². The largest absolute Gasteiger partial charge is 0.382 e. The second-order valence-electron chi connectivity index (χ2n) is 4.64. The van der Waals surface area contributed by atoms with Crippen LogP contribution in [-0.2, 0) is 0 Å². The van der Waals surface area contributed by atoms with Gasteiger partial charge in [0.15, 0.2) is 11.6 Å². The average Bonchev–Trinajstić information content (AvgIpc) is 2.89. The predicted molar refractivity (Wildman–Crippen MR) is 67.6 cm³/mol. The smallest absolute Gasteiger partial charge is 0.186 e. The molecular formula is C12H16N6. The zero-order valence-corrected chi connectivity index (χ0v) is 10.2. The van der Waals surface area contributed by atoms with Crippen LogP contribution < -0.4 is 5.73 Å². The van der Waals surface area contributed by atoms with Gasteiger partial charge in [-0.25, -0.2) is 9.97 Å². The molecule has 0 spiro atoms. The van der Waals surface area contributed by atoms with E-state index < -0.39 is 0 Å². The summed E-state index contributed by atoms with van der Waals surface area (Å²) in [5.74, 6) is 1.13. The fourth-order valence-corrected chi connectivity index (χ4v) is 2.56. The quantitative estimate of drug-likeness (QED) is 0.871. The maximum Gasteiger partial charge on any atom is 0.186 e. The predicted octanol–water partition coefficient (Wildman–Crippen LogP) is 1.82. The summed E-state index contributed by atoms with van der Waals surface area (Å²) in [5.41, 5.74) is 6.48.